The molecule has 0 spiro atoms. The van der Waals surface area contributed by atoms with Crippen molar-refractivity contribution in [2.75, 3.05) is 0 Å². The molecule has 2 aromatic carbocycles. The quantitative estimate of drug-likeness (QED) is 0.855. The summed E-state index contributed by atoms with van der Waals surface area (Å²) in [5.41, 5.74) is 4.32. The molecule has 0 aliphatic rings. The molecule has 2 aromatic rings. The minimum Gasteiger partial charge on any atom is -0.388 e. The molecule has 19 heavy (non-hydrogen) atoms. The first-order valence-corrected chi connectivity index (χ1v) is 6.92. The number of hydrogen-bond acceptors (Lipinski definition) is 1. The fraction of sp³-hybridized carbons (Fsp3) is 0.250. The minimum absolute atomic E-state index is 0.471. The van der Waals surface area contributed by atoms with Crippen LogP contribution in [0.5, 0.6) is 0 Å². The van der Waals surface area contributed by atoms with Crippen LogP contribution >= 0.6 is 23.2 Å². The topological polar surface area (TPSA) is 20.2 Å². The number of aliphatic hydroxyl groups excluding tert-OH is 1. The van der Waals surface area contributed by atoms with Crippen LogP contribution in [-0.2, 0) is 6.42 Å². The smallest absolute Gasteiger partial charge is 0.0831 e. The Hall–Kier alpha value is -1.02. The first kappa shape index (κ1) is 14.4. The third kappa shape index (κ3) is 3.50. The zero-order valence-corrected chi connectivity index (χ0v) is 12.5. The molecule has 0 aliphatic heterocycles. The van der Waals surface area contributed by atoms with Crippen LogP contribution < -0.4 is 0 Å². The van der Waals surface area contributed by atoms with E-state index in [2.05, 4.69) is 32.0 Å². The Morgan fingerprint density at radius 2 is 1.74 bits per heavy atom. The van der Waals surface area contributed by atoms with Gasteiger partial charge in [-0.05, 0) is 42.7 Å². The Morgan fingerprint density at radius 3 is 2.42 bits per heavy atom. The molecule has 0 radical (unpaired) electrons. The van der Waals surface area contributed by atoms with E-state index < -0.39 is 6.10 Å². The van der Waals surface area contributed by atoms with E-state index in [4.69, 9.17) is 23.2 Å². The summed E-state index contributed by atoms with van der Waals surface area (Å²) in [7, 11) is 0. The van der Waals surface area contributed by atoms with E-state index in [1.54, 1.807) is 12.1 Å². The highest BCUT2D eigenvalue weighted by Crippen LogP contribution is 2.27. The second-order valence-electron chi connectivity index (χ2n) is 4.82. The highest BCUT2D eigenvalue weighted by atomic mass is 35.5. The summed E-state index contributed by atoms with van der Waals surface area (Å²) in [6, 6.07) is 11.5. The van der Waals surface area contributed by atoms with Crippen molar-refractivity contribution in [2.45, 2.75) is 26.4 Å². The molecule has 0 saturated heterocycles. The van der Waals surface area contributed by atoms with Crippen LogP contribution in [-0.4, -0.2) is 5.11 Å². The summed E-state index contributed by atoms with van der Waals surface area (Å²) in [5, 5.41) is 11.3. The third-order valence-corrected chi connectivity index (χ3v) is 3.99. The lowest BCUT2D eigenvalue weighted by Crippen LogP contribution is -2.03. The average molecular weight is 295 g/mol. The first-order chi connectivity index (χ1) is 8.97. The van der Waals surface area contributed by atoms with Crippen molar-refractivity contribution < 1.29 is 5.11 Å². The Bertz CT molecular complexity index is 593. The summed E-state index contributed by atoms with van der Waals surface area (Å²) < 4.78 is 0. The van der Waals surface area contributed by atoms with Gasteiger partial charge >= 0.3 is 0 Å². The van der Waals surface area contributed by atoms with Gasteiger partial charge < -0.3 is 5.11 Å². The van der Waals surface area contributed by atoms with Crippen LogP contribution in [0.2, 0.25) is 10.0 Å². The van der Waals surface area contributed by atoms with Crippen LogP contribution in [0, 0.1) is 13.8 Å². The van der Waals surface area contributed by atoms with Crippen molar-refractivity contribution in [2.24, 2.45) is 0 Å². The number of aliphatic hydroxyl groups is 1. The molecule has 3 heteroatoms. The number of rotatable bonds is 3. The Kier molecular flexibility index (Phi) is 4.51. The third-order valence-electron chi connectivity index (χ3n) is 3.25. The maximum absolute atomic E-state index is 10.3. The number of halogens is 2. The standard InChI is InChI=1S/C16H16Cl2O/c1-10-3-4-11(2)13(7-10)9-16(19)12-5-6-14(17)15(18)8-12/h3-8,16,19H,9H2,1-2H3. The summed E-state index contributed by atoms with van der Waals surface area (Å²) in [4.78, 5) is 0. The second-order valence-corrected chi connectivity index (χ2v) is 5.64. The van der Waals surface area contributed by atoms with Crippen molar-refractivity contribution >= 4 is 23.2 Å². The SMILES string of the molecule is Cc1ccc(C)c(CC(O)c2ccc(Cl)c(Cl)c2)c1. The summed E-state index contributed by atoms with van der Waals surface area (Å²) in [6.07, 6.45) is 0.00105. The molecular weight excluding hydrogens is 279 g/mol. The van der Waals surface area contributed by atoms with Crippen LogP contribution in [0.25, 0.3) is 0 Å². The molecule has 2 rings (SSSR count). The average Bonchev–Trinajstić information content (AvgIpc) is 2.37. The molecule has 0 heterocycles. The normalized spacial score (nSPS) is 12.5. The van der Waals surface area contributed by atoms with E-state index in [-0.39, 0.29) is 0 Å². The number of benzene rings is 2. The Labute approximate surface area is 123 Å². The maximum Gasteiger partial charge on any atom is 0.0831 e. The highest BCUT2D eigenvalue weighted by molar-refractivity contribution is 6.42. The van der Waals surface area contributed by atoms with Crippen LogP contribution in [0.3, 0.4) is 0 Å². The zero-order valence-electron chi connectivity index (χ0n) is 11.0. The van der Waals surface area contributed by atoms with Gasteiger partial charge in [-0.2, -0.15) is 0 Å². The lowest BCUT2D eigenvalue weighted by molar-refractivity contribution is 0.178. The molecule has 1 unspecified atom stereocenters. The fourth-order valence-electron chi connectivity index (χ4n) is 2.07. The fourth-order valence-corrected chi connectivity index (χ4v) is 2.37. The van der Waals surface area contributed by atoms with Crippen LogP contribution in [0.1, 0.15) is 28.4 Å². The molecule has 0 amide bonds. The van der Waals surface area contributed by atoms with Gasteiger partial charge in [0, 0.05) is 6.42 Å². The highest BCUT2D eigenvalue weighted by Gasteiger charge is 2.12. The molecule has 0 aliphatic carbocycles. The van der Waals surface area contributed by atoms with Crippen molar-refractivity contribution in [3.8, 4) is 0 Å². The number of aryl methyl sites for hydroxylation is 2. The van der Waals surface area contributed by atoms with E-state index in [9.17, 15) is 5.11 Å². The van der Waals surface area contributed by atoms with Crippen molar-refractivity contribution in [1.82, 2.24) is 0 Å². The van der Waals surface area contributed by atoms with Crippen molar-refractivity contribution in [3.63, 3.8) is 0 Å². The second kappa shape index (κ2) is 5.96. The van der Waals surface area contributed by atoms with Crippen LogP contribution in [0.4, 0.5) is 0 Å². The zero-order chi connectivity index (χ0) is 14.0. The Balaban J connectivity index is 2.22. The van der Waals surface area contributed by atoms with Crippen LogP contribution in [0.15, 0.2) is 36.4 Å². The van der Waals surface area contributed by atoms with Crippen molar-refractivity contribution in [1.29, 1.82) is 0 Å². The number of hydrogen-bond donors (Lipinski definition) is 1. The lowest BCUT2D eigenvalue weighted by Gasteiger charge is -2.14. The molecule has 0 aromatic heterocycles. The van der Waals surface area contributed by atoms with E-state index in [0.29, 0.717) is 16.5 Å². The minimum atomic E-state index is -0.574. The largest absolute Gasteiger partial charge is 0.388 e. The van der Waals surface area contributed by atoms with Gasteiger partial charge in [0.15, 0.2) is 0 Å². The molecule has 1 atom stereocenters. The molecule has 1 nitrogen and oxygen atoms in total. The van der Waals surface area contributed by atoms with E-state index in [1.165, 1.54) is 11.1 Å². The molecule has 0 fully saturated rings. The molecular formula is C16H16Cl2O. The predicted octanol–water partition coefficient (Wildman–Crippen LogP) is 4.89. The summed E-state index contributed by atoms with van der Waals surface area (Å²) >= 11 is 11.9. The van der Waals surface area contributed by atoms with Gasteiger partial charge in [0.2, 0.25) is 0 Å². The van der Waals surface area contributed by atoms with E-state index in [1.807, 2.05) is 6.07 Å². The first-order valence-electron chi connectivity index (χ1n) is 6.16. The van der Waals surface area contributed by atoms with E-state index in [0.717, 1.165) is 11.1 Å². The predicted molar refractivity (Wildman–Crippen MR) is 81.0 cm³/mol. The van der Waals surface area contributed by atoms with Gasteiger partial charge in [-0.3, -0.25) is 0 Å². The monoisotopic (exact) mass is 294 g/mol. The van der Waals surface area contributed by atoms with Gasteiger partial charge in [-0.25, -0.2) is 0 Å². The van der Waals surface area contributed by atoms with Gasteiger partial charge in [-0.1, -0.05) is 53.0 Å². The van der Waals surface area contributed by atoms with Gasteiger partial charge in [0.25, 0.3) is 0 Å². The Morgan fingerprint density at radius 1 is 1.00 bits per heavy atom. The summed E-state index contributed by atoms with van der Waals surface area (Å²) in [6.45, 7) is 4.10. The molecule has 1 N–H and O–H groups in total. The summed E-state index contributed by atoms with van der Waals surface area (Å²) in [5.74, 6) is 0. The van der Waals surface area contributed by atoms with E-state index >= 15 is 0 Å². The van der Waals surface area contributed by atoms with Gasteiger partial charge in [0.1, 0.15) is 0 Å². The molecule has 100 valence electrons. The maximum atomic E-state index is 10.3. The lowest BCUT2D eigenvalue weighted by atomic mass is 9.97. The molecule has 0 bridgehead atoms. The molecule has 0 saturated carbocycles. The van der Waals surface area contributed by atoms with Crippen molar-refractivity contribution in [3.05, 3.63) is 68.7 Å². The van der Waals surface area contributed by atoms with Gasteiger partial charge in [-0.15, -0.1) is 0 Å². The van der Waals surface area contributed by atoms with Gasteiger partial charge in [0.05, 0.1) is 16.1 Å².